The number of rotatable bonds is 1. The zero-order valence-corrected chi connectivity index (χ0v) is 9.40. The zero-order valence-electron chi connectivity index (χ0n) is 9.40. The highest BCUT2D eigenvalue weighted by Gasteiger charge is 2.39. The first-order valence-electron chi connectivity index (χ1n) is 6.18. The number of benzene rings is 1. The molecule has 4 rings (SSSR count). The van der Waals surface area contributed by atoms with Crippen molar-refractivity contribution in [1.82, 2.24) is 10.3 Å². The van der Waals surface area contributed by atoms with Gasteiger partial charge in [0, 0.05) is 18.0 Å². The van der Waals surface area contributed by atoms with Crippen LogP contribution in [0.2, 0.25) is 0 Å². The van der Waals surface area contributed by atoms with Gasteiger partial charge in [-0.1, -0.05) is 6.07 Å². The first-order valence-corrected chi connectivity index (χ1v) is 6.18. The van der Waals surface area contributed by atoms with Crippen molar-refractivity contribution < 1.29 is 4.42 Å². The van der Waals surface area contributed by atoms with Gasteiger partial charge in [-0.15, -0.1) is 0 Å². The quantitative estimate of drug-likeness (QED) is 0.784. The van der Waals surface area contributed by atoms with Crippen LogP contribution in [0.3, 0.4) is 0 Å². The summed E-state index contributed by atoms with van der Waals surface area (Å²) in [6.45, 7) is 0. The first-order chi connectivity index (χ1) is 8.29. The summed E-state index contributed by atoms with van der Waals surface area (Å²) in [5.41, 5.74) is 2.75. The minimum absolute atomic E-state index is 0.372. The molecule has 0 spiro atoms. The van der Waals surface area contributed by atoms with E-state index in [9.17, 15) is 4.79 Å². The van der Waals surface area contributed by atoms with E-state index in [0.29, 0.717) is 23.6 Å². The second kappa shape index (κ2) is 3.23. The molecule has 0 aliphatic carbocycles. The molecule has 2 saturated heterocycles. The average molecular weight is 230 g/mol. The Morgan fingerprint density at radius 2 is 2.24 bits per heavy atom. The van der Waals surface area contributed by atoms with E-state index in [2.05, 4.69) is 16.4 Å². The lowest BCUT2D eigenvalue weighted by Crippen LogP contribution is -2.21. The second-order valence-corrected chi connectivity index (χ2v) is 5.16. The van der Waals surface area contributed by atoms with E-state index >= 15 is 0 Å². The van der Waals surface area contributed by atoms with Gasteiger partial charge in [-0.25, -0.2) is 4.79 Å². The second-order valence-electron chi connectivity index (χ2n) is 5.16. The SMILES string of the molecule is O=c1[nH]c2ccc(C3CC4CCC3N4)cc2o1. The minimum atomic E-state index is -0.372. The van der Waals surface area contributed by atoms with Crippen LogP contribution in [-0.2, 0) is 0 Å². The van der Waals surface area contributed by atoms with Crippen LogP contribution in [0.15, 0.2) is 27.4 Å². The van der Waals surface area contributed by atoms with Crippen LogP contribution in [0.25, 0.3) is 11.1 Å². The summed E-state index contributed by atoms with van der Waals surface area (Å²) in [5.74, 6) is 0.210. The summed E-state index contributed by atoms with van der Waals surface area (Å²) in [4.78, 5) is 13.8. The Balaban J connectivity index is 1.78. The van der Waals surface area contributed by atoms with Crippen molar-refractivity contribution in [1.29, 1.82) is 0 Å². The summed E-state index contributed by atoms with van der Waals surface area (Å²) in [6, 6.07) is 7.38. The van der Waals surface area contributed by atoms with Crippen molar-refractivity contribution in [3.63, 3.8) is 0 Å². The van der Waals surface area contributed by atoms with Crippen molar-refractivity contribution in [2.24, 2.45) is 0 Å². The fourth-order valence-corrected chi connectivity index (χ4v) is 3.39. The van der Waals surface area contributed by atoms with Crippen LogP contribution in [0.4, 0.5) is 0 Å². The molecule has 1 aromatic heterocycles. The average Bonchev–Trinajstić information content (AvgIpc) is 3.00. The predicted octanol–water partition coefficient (Wildman–Crippen LogP) is 1.73. The summed E-state index contributed by atoms with van der Waals surface area (Å²) in [6.07, 6.45) is 3.79. The van der Waals surface area contributed by atoms with Crippen molar-refractivity contribution in [3.8, 4) is 0 Å². The molecule has 4 nitrogen and oxygen atoms in total. The molecule has 2 aromatic rings. The highest BCUT2D eigenvalue weighted by atomic mass is 16.4. The normalized spacial score (nSPS) is 31.4. The molecule has 0 amide bonds. The molecule has 2 aliphatic rings. The predicted molar refractivity (Wildman–Crippen MR) is 64.1 cm³/mol. The highest BCUT2D eigenvalue weighted by molar-refractivity contribution is 5.73. The molecule has 2 fully saturated rings. The molecule has 3 atom stereocenters. The smallest absolute Gasteiger partial charge is 0.408 e. The van der Waals surface area contributed by atoms with Crippen molar-refractivity contribution in [2.75, 3.05) is 0 Å². The van der Waals surface area contributed by atoms with Crippen LogP contribution in [0.5, 0.6) is 0 Å². The Hall–Kier alpha value is -1.55. The number of nitrogens with one attached hydrogen (secondary N) is 2. The summed E-state index contributed by atoms with van der Waals surface area (Å²) >= 11 is 0. The Morgan fingerprint density at radius 1 is 1.29 bits per heavy atom. The summed E-state index contributed by atoms with van der Waals surface area (Å²) < 4.78 is 5.12. The molecule has 3 heterocycles. The van der Waals surface area contributed by atoms with E-state index in [1.54, 1.807) is 0 Å². The fourth-order valence-electron chi connectivity index (χ4n) is 3.39. The molecule has 17 heavy (non-hydrogen) atoms. The van der Waals surface area contributed by atoms with Crippen LogP contribution in [0.1, 0.15) is 30.7 Å². The molecule has 88 valence electrons. The van der Waals surface area contributed by atoms with Gasteiger partial charge in [0.25, 0.3) is 0 Å². The number of H-pyrrole nitrogens is 1. The highest BCUT2D eigenvalue weighted by Crippen LogP contribution is 2.40. The molecule has 2 aliphatic heterocycles. The van der Waals surface area contributed by atoms with Gasteiger partial charge in [0.15, 0.2) is 5.58 Å². The fraction of sp³-hybridized carbons (Fsp3) is 0.462. The number of hydrogen-bond donors (Lipinski definition) is 2. The lowest BCUT2D eigenvalue weighted by Gasteiger charge is -2.20. The monoisotopic (exact) mass is 230 g/mol. The van der Waals surface area contributed by atoms with Crippen LogP contribution >= 0.6 is 0 Å². The molecular formula is C13H14N2O2. The van der Waals surface area contributed by atoms with E-state index in [0.717, 1.165) is 5.52 Å². The lowest BCUT2D eigenvalue weighted by atomic mass is 9.84. The number of fused-ring (bicyclic) bond motifs is 3. The van der Waals surface area contributed by atoms with E-state index in [1.807, 2.05) is 12.1 Å². The molecule has 0 saturated carbocycles. The number of hydrogen-bond acceptors (Lipinski definition) is 3. The molecule has 0 radical (unpaired) electrons. The number of aromatic amines is 1. The Bertz CT molecular complexity index is 628. The van der Waals surface area contributed by atoms with Crippen molar-refractivity contribution in [2.45, 2.75) is 37.3 Å². The van der Waals surface area contributed by atoms with E-state index in [1.165, 1.54) is 24.8 Å². The zero-order chi connectivity index (χ0) is 11.4. The maximum atomic E-state index is 11.1. The van der Waals surface area contributed by atoms with Crippen molar-refractivity contribution >= 4 is 11.1 Å². The number of oxazole rings is 1. The first kappa shape index (κ1) is 9.48. The maximum Gasteiger partial charge on any atom is 0.417 e. The van der Waals surface area contributed by atoms with Gasteiger partial charge in [0.2, 0.25) is 0 Å². The van der Waals surface area contributed by atoms with Crippen molar-refractivity contribution in [3.05, 3.63) is 34.3 Å². The maximum absolute atomic E-state index is 11.1. The molecule has 4 heteroatoms. The third-order valence-corrected chi connectivity index (χ3v) is 4.17. The molecule has 1 aromatic carbocycles. The molecule has 3 unspecified atom stereocenters. The third kappa shape index (κ3) is 1.37. The van der Waals surface area contributed by atoms with Gasteiger partial charge in [-0.2, -0.15) is 0 Å². The van der Waals surface area contributed by atoms with Gasteiger partial charge in [-0.3, -0.25) is 4.98 Å². The Labute approximate surface area is 98.0 Å². The van der Waals surface area contributed by atoms with Gasteiger partial charge < -0.3 is 9.73 Å². The Morgan fingerprint density at radius 3 is 3.00 bits per heavy atom. The largest absolute Gasteiger partial charge is 0.417 e. The lowest BCUT2D eigenvalue weighted by molar-refractivity contribution is 0.505. The van der Waals surface area contributed by atoms with E-state index in [-0.39, 0.29) is 5.76 Å². The van der Waals surface area contributed by atoms with E-state index < -0.39 is 0 Å². The van der Waals surface area contributed by atoms with E-state index in [4.69, 9.17) is 4.42 Å². The molecule has 2 N–H and O–H groups in total. The minimum Gasteiger partial charge on any atom is -0.408 e. The molecule has 2 bridgehead atoms. The van der Waals surface area contributed by atoms with Crippen LogP contribution in [0, 0.1) is 0 Å². The summed E-state index contributed by atoms with van der Waals surface area (Å²) in [7, 11) is 0. The van der Waals surface area contributed by atoms with Gasteiger partial charge >= 0.3 is 5.76 Å². The van der Waals surface area contributed by atoms with Gasteiger partial charge in [-0.05, 0) is 37.0 Å². The van der Waals surface area contributed by atoms with Crippen LogP contribution in [-0.4, -0.2) is 17.1 Å². The summed E-state index contributed by atoms with van der Waals surface area (Å²) in [5, 5.41) is 3.63. The van der Waals surface area contributed by atoms with Gasteiger partial charge in [0.05, 0.1) is 5.52 Å². The van der Waals surface area contributed by atoms with Crippen LogP contribution < -0.4 is 11.1 Å². The Kier molecular flexibility index (Phi) is 1.80. The number of aromatic nitrogens is 1. The topological polar surface area (TPSA) is 58.0 Å². The third-order valence-electron chi connectivity index (χ3n) is 4.17. The standard InChI is InChI=1S/C13H14N2O2/c16-13-15-11-3-1-7(5-12(11)17-13)9-6-8-2-4-10(9)14-8/h1,3,5,8-10,14H,2,4,6H2,(H,15,16). The van der Waals surface area contributed by atoms with Gasteiger partial charge in [0.1, 0.15) is 0 Å². The molecular weight excluding hydrogens is 216 g/mol.